The highest BCUT2D eigenvalue weighted by atomic mass is 16.5. The molecule has 57 heavy (non-hydrogen) atoms. The topological polar surface area (TPSA) is 95.9 Å². The molecular formula is C51H99NO5. The summed E-state index contributed by atoms with van der Waals surface area (Å²) in [7, 11) is 0. The van der Waals surface area contributed by atoms with Crippen LogP contribution in [-0.2, 0) is 14.3 Å². The van der Waals surface area contributed by atoms with E-state index in [2.05, 4.69) is 31.3 Å². The molecule has 6 nitrogen and oxygen atoms in total. The van der Waals surface area contributed by atoms with Crippen LogP contribution in [0.1, 0.15) is 277 Å². The van der Waals surface area contributed by atoms with Crippen molar-refractivity contribution >= 4 is 11.9 Å². The van der Waals surface area contributed by atoms with Gasteiger partial charge in [-0.1, -0.05) is 231 Å². The van der Waals surface area contributed by atoms with Crippen LogP contribution in [0, 0.1) is 0 Å². The Morgan fingerprint density at radius 3 is 1.28 bits per heavy atom. The van der Waals surface area contributed by atoms with Crippen LogP contribution in [0.5, 0.6) is 0 Å². The van der Waals surface area contributed by atoms with Gasteiger partial charge >= 0.3 is 5.97 Å². The highest BCUT2D eigenvalue weighted by Gasteiger charge is 2.20. The summed E-state index contributed by atoms with van der Waals surface area (Å²) in [5.74, 6) is -0.126. The number of hydrogen-bond donors (Lipinski definition) is 3. The maximum absolute atomic E-state index is 12.4. The quantitative estimate of drug-likeness (QED) is 0.0323. The van der Waals surface area contributed by atoms with Gasteiger partial charge in [0.25, 0.3) is 0 Å². The Balaban J connectivity index is 3.53. The second kappa shape index (κ2) is 47.3. The number of ether oxygens (including phenoxy) is 1. The lowest BCUT2D eigenvalue weighted by Crippen LogP contribution is -2.45. The molecule has 0 bridgehead atoms. The molecule has 2 unspecified atom stereocenters. The lowest BCUT2D eigenvalue weighted by molar-refractivity contribution is -0.143. The van der Waals surface area contributed by atoms with E-state index >= 15 is 0 Å². The van der Waals surface area contributed by atoms with Gasteiger partial charge in [-0.15, -0.1) is 0 Å². The van der Waals surface area contributed by atoms with Crippen LogP contribution in [0.3, 0.4) is 0 Å². The number of esters is 1. The van der Waals surface area contributed by atoms with Gasteiger partial charge in [0, 0.05) is 12.8 Å². The highest BCUT2D eigenvalue weighted by molar-refractivity contribution is 5.76. The molecule has 0 heterocycles. The molecule has 0 spiro atoms. The number of hydrogen-bond acceptors (Lipinski definition) is 5. The average molecular weight is 806 g/mol. The first-order chi connectivity index (χ1) is 28.0. The Hall–Kier alpha value is -1.40. The Labute approximate surface area is 355 Å². The van der Waals surface area contributed by atoms with E-state index in [1.165, 1.54) is 173 Å². The molecule has 1 amide bonds. The predicted octanol–water partition coefficient (Wildman–Crippen LogP) is 15.0. The molecule has 0 fully saturated rings. The van der Waals surface area contributed by atoms with Crippen LogP contribution in [0.15, 0.2) is 12.2 Å². The van der Waals surface area contributed by atoms with Crippen molar-refractivity contribution in [2.45, 2.75) is 289 Å². The molecule has 0 aliphatic heterocycles. The van der Waals surface area contributed by atoms with Gasteiger partial charge in [-0.3, -0.25) is 9.59 Å². The minimum Gasteiger partial charge on any atom is -0.466 e. The molecule has 0 aromatic carbocycles. The van der Waals surface area contributed by atoms with E-state index in [1.807, 2.05) is 0 Å². The molecule has 2 atom stereocenters. The molecule has 0 aromatic rings. The number of allylic oxidation sites excluding steroid dienone is 2. The SMILES string of the molecule is CCCCCCCCCCCCCCCCCCCC(O)C(CO)NC(=O)CCC/C=C\CCCCCCOC(=O)CCCCCCCCCCCCCCCC. The van der Waals surface area contributed by atoms with Gasteiger partial charge in [0.15, 0.2) is 0 Å². The minimum atomic E-state index is -0.693. The van der Waals surface area contributed by atoms with Crippen LogP contribution in [0.2, 0.25) is 0 Å². The van der Waals surface area contributed by atoms with Crippen molar-refractivity contribution in [3.63, 3.8) is 0 Å². The van der Waals surface area contributed by atoms with Crippen molar-refractivity contribution in [3.05, 3.63) is 12.2 Å². The van der Waals surface area contributed by atoms with Gasteiger partial charge in [-0.05, 0) is 44.9 Å². The Morgan fingerprint density at radius 1 is 0.474 bits per heavy atom. The Kier molecular flexibility index (Phi) is 46.1. The molecule has 338 valence electrons. The normalized spacial score (nSPS) is 12.7. The third-order valence-corrected chi connectivity index (χ3v) is 11.8. The first-order valence-electron chi connectivity index (χ1n) is 25.4. The van der Waals surface area contributed by atoms with E-state index in [0.29, 0.717) is 25.9 Å². The van der Waals surface area contributed by atoms with E-state index in [9.17, 15) is 19.8 Å². The van der Waals surface area contributed by atoms with Crippen molar-refractivity contribution in [2.75, 3.05) is 13.2 Å². The number of aliphatic hydroxyl groups excluding tert-OH is 2. The van der Waals surface area contributed by atoms with Crippen LogP contribution >= 0.6 is 0 Å². The number of unbranched alkanes of at least 4 members (excludes halogenated alkanes) is 34. The fraction of sp³-hybridized carbons (Fsp3) is 0.922. The number of rotatable bonds is 47. The van der Waals surface area contributed by atoms with Gasteiger partial charge in [-0.25, -0.2) is 0 Å². The standard InChI is InChI=1S/C51H99NO5/c1-3-5-7-9-11-13-15-17-19-20-21-22-24-27-31-35-39-43-49(54)48(47-53)52-50(55)44-40-36-32-28-26-30-34-38-42-46-57-51(56)45-41-37-33-29-25-23-18-16-14-12-10-8-6-4-2/h28,32,48-49,53-54H,3-27,29-31,33-47H2,1-2H3,(H,52,55)/b32-28-. The van der Waals surface area contributed by atoms with Crippen molar-refractivity contribution in [2.24, 2.45) is 0 Å². The van der Waals surface area contributed by atoms with Gasteiger partial charge in [0.2, 0.25) is 5.91 Å². The molecule has 3 N–H and O–H groups in total. The zero-order valence-electron chi connectivity index (χ0n) is 38.3. The number of carbonyl (C=O) groups is 2. The molecule has 0 saturated heterocycles. The largest absolute Gasteiger partial charge is 0.466 e. The molecular weight excluding hydrogens is 707 g/mol. The van der Waals surface area contributed by atoms with Crippen LogP contribution in [0.4, 0.5) is 0 Å². The summed E-state index contributed by atoms with van der Waals surface area (Å²) in [6, 6.07) is -0.577. The van der Waals surface area contributed by atoms with E-state index in [0.717, 1.165) is 70.6 Å². The number of nitrogens with one attached hydrogen (secondary N) is 1. The number of amides is 1. The van der Waals surface area contributed by atoms with E-state index in [-0.39, 0.29) is 18.5 Å². The highest BCUT2D eigenvalue weighted by Crippen LogP contribution is 2.17. The van der Waals surface area contributed by atoms with Crippen molar-refractivity contribution in [1.82, 2.24) is 5.32 Å². The van der Waals surface area contributed by atoms with Crippen molar-refractivity contribution in [3.8, 4) is 0 Å². The Bertz CT molecular complexity index is 847. The number of carbonyl (C=O) groups excluding carboxylic acids is 2. The van der Waals surface area contributed by atoms with Crippen LogP contribution < -0.4 is 5.32 Å². The second-order valence-corrected chi connectivity index (χ2v) is 17.5. The maximum atomic E-state index is 12.4. The van der Waals surface area contributed by atoms with E-state index in [4.69, 9.17) is 4.74 Å². The monoisotopic (exact) mass is 806 g/mol. The summed E-state index contributed by atoms with van der Waals surface area (Å²) in [6.07, 6.45) is 53.3. The molecule has 6 heteroatoms. The first kappa shape index (κ1) is 55.6. The molecule has 0 aliphatic carbocycles. The predicted molar refractivity (Wildman–Crippen MR) is 246 cm³/mol. The molecule has 0 radical (unpaired) electrons. The van der Waals surface area contributed by atoms with Crippen LogP contribution in [0.25, 0.3) is 0 Å². The van der Waals surface area contributed by atoms with Gasteiger partial charge in [0.1, 0.15) is 0 Å². The van der Waals surface area contributed by atoms with Gasteiger partial charge in [-0.2, -0.15) is 0 Å². The lowest BCUT2D eigenvalue weighted by atomic mass is 10.0. The fourth-order valence-corrected chi connectivity index (χ4v) is 7.88. The fourth-order valence-electron chi connectivity index (χ4n) is 7.88. The van der Waals surface area contributed by atoms with Crippen LogP contribution in [-0.4, -0.2) is 47.4 Å². The average Bonchev–Trinajstić information content (AvgIpc) is 3.21. The summed E-state index contributed by atoms with van der Waals surface area (Å²) < 4.78 is 5.44. The van der Waals surface area contributed by atoms with Gasteiger partial charge < -0.3 is 20.3 Å². The minimum absolute atomic E-state index is 0.0330. The zero-order chi connectivity index (χ0) is 41.5. The van der Waals surface area contributed by atoms with Crippen molar-refractivity contribution in [1.29, 1.82) is 0 Å². The summed E-state index contributed by atoms with van der Waals surface area (Å²) in [6.45, 7) is 4.87. The molecule has 0 aromatic heterocycles. The summed E-state index contributed by atoms with van der Waals surface area (Å²) >= 11 is 0. The smallest absolute Gasteiger partial charge is 0.305 e. The van der Waals surface area contributed by atoms with Crippen molar-refractivity contribution < 1.29 is 24.5 Å². The molecule has 0 rings (SSSR count). The number of aliphatic hydroxyl groups is 2. The summed E-state index contributed by atoms with van der Waals surface area (Å²) in [4.78, 5) is 24.4. The summed E-state index contributed by atoms with van der Waals surface area (Å²) in [5, 5.41) is 23.2. The first-order valence-corrected chi connectivity index (χ1v) is 25.4. The molecule has 0 saturated carbocycles. The summed E-state index contributed by atoms with van der Waals surface area (Å²) in [5.41, 5.74) is 0. The third kappa shape index (κ3) is 44.0. The zero-order valence-corrected chi connectivity index (χ0v) is 38.3. The van der Waals surface area contributed by atoms with E-state index < -0.39 is 12.1 Å². The maximum Gasteiger partial charge on any atom is 0.305 e. The molecule has 0 aliphatic rings. The van der Waals surface area contributed by atoms with E-state index in [1.54, 1.807) is 0 Å². The lowest BCUT2D eigenvalue weighted by Gasteiger charge is -2.22. The Morgan fingerprint density at radius 2 is 0.842 bits per heavy atom. The third-order valence-electron chi connectivity index (χ3n) is 11.8. The van der Waals surface area contributed by atoms with Gasteiger partial charge in [0.05, 0.1) is 25.4 Å². The second-order valence-electron chi connectivity index (χ2n) is 17.5.